The lowest BCUT2D eigenvalue weighted by Crippen LogP contribution is -2.56. The van der Waals surface area contributed by atoms with Crippen LogP contribution in [0.2, 0.25) is 36.3 Å². The van der Waals surface area contributed by atoms with Crippen LogP contribution in [0.4, 0.5) is 0 Å². The highest BCUT2D eigenvalue weighted by molar-refractivity contribution is 6.74. The van der Waals surface area contributed by atoms with E-state index in [4.69, 9.17) is 13.6 Å². The van der Waals surface area contributed by atoms with Gasteiger partial charge in [-0.1, -0.05) is 59.8 Å². The quantitative estimate of drug-likeness (QED) is 0.232. The first-order valence-corrected chi connectivity index (χ1v) is 19.8. The maximum atomic E-state index is 14.2. The molecule has 1 saturated heterocycles. The van der Waals surface area contributed by atoms with Crippen LogP contribution in [0.5, 0.6) is 5.75 Å². The number of epoxide rings is 1. The molecule has 5 nitrogen and oxygen atoms in total. The summed E-state index contributed by atoms with van der Waals surface area (Å²) in [5, 5.41) is 11.5. The highest BCUT2D eigenvalue weighted by Gasteiger charge is 2.71. The van der Waals surface area contributed by atoms with Crippen molar-refractivity contribution in [3.63, 3.8) is 0 Å². The largest absolute Gasteiger partial charge is 0.543 e. The third-order valence-electron chi connectivity index (χ3n) is 10.7. The van der Waals surface area contributed by atoms with Gasteiger partial charge in [-0.3, -0.25) is 4.79 Å². The number of benzene rings is 1. The summed E-state index contributed by atoms with van der Waals surface area (Å²) < 4.78 is 20.2. The summed E-state index contributed by atoms with van der Waals surface area (Å²) in [5.41, 5.74) is 2.21. The summed E-state index contributed by atoms with van der Waals surface area (Å²) in [6, 6.07) is 9.13. The zero-order chi connectivity index (χ0) is 27.1. The van der Waals surface area contributed by atoms with Gasteiger partial charge in [0.05, 0.1) is 6.10 Å². The predicted molar refractivity (Wildman–Crippen MR) is 152 cm³/mol. The van der Waals surface area contributed by atoms with Crippen LogP contribution in [0.15, 0.2) is 29.8 Å². The number of carbonyl (C=O) groups excluding carboxylic acids is 1. The van der Waals surface area contributed by atoms with Gasteiger partial charge in [0.15, 0.2) is 14.1 Å². The Kier molecular flexibility index (Phi) is 6.56. The summed E-state index contributed by atoms with van der Waals surface area (Å²) in [4.78, 5) is 14.2. The van der Waals surface area contributed by atoms with E-state index in [-0.39, 0.29) is 40.8 Å². The molecular weight excluding hydrogens is 496 g/mol. The summed E-state index contributed by atoms with van der Waals surface area (Å²) in [5.74, 6) is 0.691. The van der Waals surface area contributed by atoms with Crippen molar-refractivity contribution in [2.75, 3.05) is 0 Å². The zero-order valence-corrected chi connectivity index (χ0v) is 26.2. The fourth-order valence-electron chi connectivity index (χ4n) is 6.97. The number of rotatable bonds is 7. The Morgan fingerprint density at radius 1 is 1.11 bits per heavy atom. The molecule has 7 heteroatoms. The maximum absolute atomic E-state index is 14.2. The standard InChI is InChI=1S/C30H46O5Si2/c1-10-37(11-2,12-3)35-26-24-20(27(32)30(7)28(26)33-30)17-16-18-22-19(25(31)23(18)24)14-13-15-21(22)34-36(8,9)29(4,5)6/h13-15,17-18,23-24,26-28,32H,10-12,16H2,1-9H3/t18-,23+,24-,26+,27-,28-,30+/m0/s1. The minimum atomic E-state index is -2.09. The second-order valence-electron chi connectivity index (χ2n) is 13.5. The van der Waals surface area contributed by atoms with Gasteiger partial charge in [0, 0.05) is 28.9 Å². The molecule has 7 atom stereocenters. The number of hydrogen-bond donors (Lipinski definition) is 1. The Hall–Kier alpha value is -1.26. The first-order chi connectivity index (χ1) is 17.2. The Bertz CT molecular complexity index is 1110. The van der Waals surface area contributed by atoms with Crippen LogP contribution >= 0.6 is 0 Å². The third kappa shape index (κ3) is 3.98. The van der Waals surface area contributed by atoms with E-state index in [9.17, 15) is 9.90 Å². The number of allylic oxidation sites excluding steroid dienone is 1. The molecule has 5 rings (SSSR count). The van der Waals surface area contributed by atoms with Crippen LogP contribution in [0.1, 0.15) is 76.7 Å². The second-order valence-corrected chi connectivity index (χ2v) is 22.9. The van der Waals surface area contributed by atoms with Crippen molar-refractivity contribution in [2.24, 2.45) is 11.8 Å². The molecule has 2 fully saturated rings. The molecule has 204 valence electrons. The van der Waals surface area contributed by atoms with Crippen molar-refractivity contribution in [1.29, 1.82) is 0 Å². The molecule has 0 aromatic heterocycles. The fourth-order valence-corrected chi connectivity index (χ4v) is 10.8. The van der Waals surface area contributed by atoms with Crippen molar-refractivity contribution in [1.82, 2.24) is 0 Å². The Balaban J connectivity index is 1.58. The van der Waals surface area contributed by atoms with Gasteiger partial charge in [-0.15, -0.1) is 0 Å². The lowest BCUT2D eigenvalue weighted by atomic mass is 9.62. The van der Waals surface area contributed by atoms with E-state index < -0.39 is 28.3 Å². The SMILES string of the molecule is CC[Si](CC)(CC)O[C@@H]1[C@H]2C(=CC[C@H]3c4c(O[Si](C)(C)C(C)(C)C)cccc4C(=O)[C@@H]23)[C@H](O)[C@@]2(C)O[C@@H]12. The minimum absolute atomic E-state index is 0.0413. The molecular formula is C30H46O5Si2. The van der Waals surface area contributed by atoms with Crippen LogP contribution < -0.4 is 4.43 Å². The Labute approximate surface area is 225 Å². The highest BCUT2D eigenvalue weighted by atomic mass is 28.4. The first kappa shape index (κ1) is 27.3. The molecule has 1 heterocycles. The molecule has 0 unspecified atom stereocenters. The number of fused-ring (bicyclic) bond motifs is 6. The van der Waals surface area contributed by atoms with E-state index in [0.717, 1.165) is 47.0 Å². The summed E-state index contributed by atoms with van der Waals surface area (Å²) in [6.07, 6.45) is 1.88. The normalized spacial score (nSPS) is 34.8. The lowest BCUT2D eigenvalue weighted by molar-refractivity contribution is 0.0297. The van der Waals surface area contributed by atoms with Gasteiger partial charge in [-0.25, -0.2) is 0 Å². The third-order valence-corrected chi connectivity index (χ3v) is 19.7. The number of hydrogen-bond acceptors (Lipinski definition) is 5. The van der Waals surface area contributed by atoms with Gasteiger partial charge in [-0.2, -0.15) is 0 Å². The van der Waals surface area contributed by atoms with E-state index in [0.29, 0.717) is 0 Å². The van der Waals surface area contributed by atoms with Crippen LogP contribution in [-0.2, 0) is 9.16 Å². The zero-order valence-electron chi connectivity index (χ0n) is 24.2. The maximum Gasteiger partial charge on any atom is 0.250 e. The average Bonchev–Trinajstić information content (AvgIpc) is 3.47. The van der Waals surface area contributed by atoms with Gasteiger partial charge in [0.25, 0.3) is 0 Å². The van der Waals surface area contributed by atoms with Crippen LogP contribution in [0, 0.1) is 11.8 Å². The molecule has 0 radical (unpaired) electrons. The number of ether oxygens (including phenoxy) is 1. The molecule has 4 aliphatic rings. The van der Waals surface area contributed by atoms with Gasteiger partial charge in [0.2, 0.25) is 8.32 Å². The summed E-state index contributed by atoms with van der Waals surface area (Å²) in [7, 11) is -4.07. The van der Waals surface area contributed by atoms with Gasteiger partial charge in [0.1, 0.15) is 23.6 Å². The molecule has 1 saturated carbocycles. The molecule has 0 spiro atoms. The number of ketones is 1. The number of carbonyl (C=O) groups is 1. The van der Waals surface area contributed by atoms with E-state index in [1.54, 1.807) is 0 Å². The smallest absolute Gasteiger partial charge is 0.250 e. The van der Waals surface area contributed by atoms with Gasteiger partial charge in [-0.05, 0) is 61.2 Å². The van der Waals surface area contributed by atoms with Crippen molar-refractivity contribution in [3.8, 4) is 5.75 Å². The Morgan fingerprint density at radius 2 is 1.76 bits per heavy atom. The first-order valence-electron chi connectivity index (χ1n) is 14.3. The van der Waals surface area contributed by atoms with E-state index in [1.165, 1.54) is 0 Å². The molecule has 37 heavy (non-hydrogen) atoms. The molecule has 1 aromatic rings. The monoisotopic (exact) mass is 542 g/mol. The van der Waals surface area contributed by atoms with Gasteiger partial charge >= 0.3 is 0 Å². The van der Waals surface area contributed by atoms with E-state index in [1.807, 2.05) is 19.1 Å². The van der Waals surface area contributed by atoms with Crippen LogP contribution in [0.3, 0.4) is 0 Å². The van der Waals surface area contributed by atoms with Crippen molar-refractivity contribution >= 4 is 22.4 Å². The molecule has 1 N–H and O–H groups in total. The molecule has 0 bridgehead atoms. The van der Waals surface area contributed by atoms with Crippen molar-refractivity contribution in [2.45, 2.75) is 121 Å². The van der Waals surface area contributed by atoms with Crippen molar-refractivity contribution < 1.29 is 23.5 Å². The van der Waals surface area contributed by atoms with Crippen LogP contribution in [-0.4, -0.2) is 51.4 Å². The second kappa shape index (κ2) is 8.88. The van der Waals surface area contributed by atoms with Crippen molar-refractivity contribution in [3.05, 3.63) is 41.0 Å². The predicted octanol–water partition coefficient (Wildman–Crippen LogP) is 6.84. The highest BCUT2D eigenvalue weighted by Crippen LogP contribution is 2.62. The topological polar surface area (TPSA) is 68.3 Å². The van der Waals surface area contributed by atoms with E-state index >= 15 is 0 Å². The number of aliphatic hydroxyl groups is 1. The molecule has 3 aliphatic carbocycles. The minimum Gasteiger partial charge on any atom is -0.543 e. The molecule has 0 amide bonds. The average molecular weight is 543 g/mol. The fraction of sp³-hybridized carbons (Fsp3) is 0.700. The molecule has 1 aromatic carbocycles. The number of Topliss-reactive ketones (excluding diaryl/α,β-unsaturated/α-hetero) is 1. The molecule has 1 aliphatic heterocycles. The summed E-state index contributed by atoms with van der Waals surface area (Å²) in [6.45, 7) is 20.0. The van der Waals surface area contributed by atoms with Gasteiger partial charge < -0.3 is 18.7 Å². The van der Waals surface area contributed by atoms with E-state index in [2.05, 4.69) is 66.8 Å². The summed E-state index contributed by atoms with van der Waals surface area (Å²) >= 11 is 0. The lowest BCUT2D eigenvalue weighted by Gasteiger charge is -2.47. The number of aliphatic hydroxyl groups excluding tert-OH is 1. The Morgan fingerprint density at radius 3 is 2.35 bits per heavy atom. The van der Waals surface area contributed by atoms with Crippen LogP contribution in [0.25, 0.3) is 0 Å².